The first-order valence-electron chi connectivity index (χ1n) is 9.83. The lowest BCUT2D eigenvalue weighted by atomic mass is 10.1. The van der Waals surface area contributed by atoms with Gasteiger partial charge in [-0.2, -0.15) is 4.98 Å². The summed E-state index contributed by atoms with van der Waals surface area (Å²) >= 11 is 5.13. The van der Waals surface area contributed by atoms with Gasteiger partial charge >= 0.3 is 0 Å². The molecule has 1 amide bonds. The first-order chi connectivity index (χ1) is 14.5. The van der Waals surface area contributed by atoms with Crippen LogP contribution in [-0.2, 0) is 7.05 Å². The Morgan fingerprint density at radius 2 is 2.20 bits per heavy atom. The van der Waals surface area contributed by atoms with E-state index in [2.05, 4.69) is 25.3 Å². The fourth-order valence-corrected chi connectivity index (χ4v) is 4.22. The van der Waals surface area contributed by atoms with E-state index < -0.39 is 0 Å². The molecule has 4 heterocycles. The number of anilines is 3. The zero-order valence-electron chi connectivity index (χ0n) is 16.7. The van der Waals surface area contributed by atoms with Crippen molar-refractivity contribution in [2.24, 2.45) is 7.05 Å². The highest BCUT2D eigenvalue weighted by atomic mass is 32.1. The molecule has 1 fully saturated rings. The van der Waals surface area contributed by atoms with E-state index in [4.69, 9.17) is 16.6 Å². The van der Waals surface area contributed by atoms with Gasteiger partial charge in [0.05, 0.1) is 0 Å². The second-order valence-electron chi connectivity index (χ2n) is 7.43. The van der Waals surface area contributed by atoms with Gasteiger partial charge in [-0.25, -0.2) is 9.67 Å². The summed E-state index contributed by atoms with van der Waals surface area (Å²) in [5.41, 5.74) is 2.06. The van der Waals surface area contributed by atoms with Crippen molar-refractivity contribution in [1.29, 1.82) is 0 Å². The lowest BCUT2D eigenvalue weighted by Crippen LogP contribution is -2.39. The van der Waals surface area contributed by atoms with Crippen LogP contribution in [0, 0.1) is 4.84 Å². The lowest BCUT2D eigenvalue weighted by Gasteiger charge is -2.27. The minimum atomic E-state index is -0.110. The molecule has 1 aromatic carbocycles. The third-order valence-corrected chi connectivity index (χ3v) is 5.95. The summed E-state index contributed by atoms with van der Waals surface area (Å²) in [6.07, 6.45) is 3.70. The van der Waals surface area contributed by atoms with E-state index in [1.807, 2.05) is 24.3 Å². The molecule has 0 spiro atoms. The Morgan fingerprint density at radius 1 is 1.33 bits per heavy atom. The number of aryl methyl sites for hydroxylation is 1. The molecule has 5 rings (SSSR count). The maximum Gasteiger partial charge on any atom is 0.287 e. The van der Waals surface area contributed by atoms with Gasteiger partial charge in [-0.15, -0.1) is 5.10 Å². The van der Waals surface area contributed by atoms with Crippen LogP contribution in [0.5, 0.6) is 0 Å². The van der Waals surface area contributed by atoms with E-state index in [-0.39, 0.29) is 11.9 Å². The third kappa shape index (κ3) is 3.04. The summed E-state index contributed by atoms with van der Waals surface area (Å²) in [7, 11) is 3.51. The summed E-state index contributed by atoms with van der Waals surface area (Å²) in [5.74, 6) is 1.53. The van der Waals surface area contributed by atoms with Gasteiger partial charge in [0.25, 0.3) is 10.7 Å². The third-order valence-electron chi connectivity index (χ3n) is 5.60. The molecule has 9 nitrogen and oxygen atoms in total. The van der Waals surface area contributed by atoms with Gasteiger partial charge in [-0.05, 0) is 43.3 Å². The van der Waals surface area contributed by atoms with Crippen LogP contribution in [0.15, 0.2) is 34.9 Å². The highest BCUT2D eigenvalue weighted by Gasteiger charge is 2.37. The van der Waals surface area contributed by atoms with E-state index in [0.717, 1.165) is 30.6 Å². The van der Waals surface area contributed by atoms with Gasteiger partial charge in [0.15, 0.2) is 0 Å². The minimum absolute atomic E-state index is 0.110. The molecule has 1 N–H and O–H groups in total. The fraction of sp³-hybridized carbons (Fsp3) is 0.350. The van der Waals surface area contributed by atoms with E-state index in [1.165, 1.54) is 4.68 Å². The molecule has 0 radical (unpaired) electrons. The number of hydrogen-bond acceptors (Lipinski definition) is 8. The molecule has 0 bridgehead atoms. The SMILES string of the molecule is CNc1ncc2c(n1)N1CCC[C@H]1CN(c1cccc(-c3nn(C)c(=S)o3)c1)C2=O. The summed E-state index contributed by atoms with van der Waals surface area (Å²) < 4.78 is 7.09. The van der Waals surface area contributed by atoms with Gasteiger partial charge in [-0.3, -0.25) is 4.79 Å². The monoisotopic (exact) mass is 423 g/mol. The molecular formula is C20H21N7O2S. The highest BCUT2D eigenvalue weighted by molar-refractivity contribution is 7.71. The van der Waals surface area contributed by atoms with Crippen LogP contribution >= 0.6 is 12.2 Å². The Morgan fingerprint density at radius 3 is 2.97 bits per heavy atom. The van der Waals surface area contributed by atoms with Gasteiger partial charge in [-0.1, -0.05) is 6.07 Å². The van der Waals surface area contributed by atoms with Gasteiger partial charge in [0.1, 0.15) is 11.4 Å². The summed E-state index contributed by atoms with van der Waals surface area (Å²) in [4.78, 5) is 26.7. The summed E-state index contributed by atoms with van der Waals surface area (Å²) in [5, 5.41) is 7.29. The second kappa shape index (κ2) is 7.21. The Hall–Kier alpha value is -3.27. The maximum absolute atomic E-state index is 13.5. The molecule has 0 aliphatic carbocycles. The highest BCUT2D eigenvalue weighted by Crippen LogP contribution is 2.35. The van der Waals surface area contributed by atoms with Gasteiger partial charge in [0.2, 0.25) is 11.8 Å². The molecule has 0 unspecified atom stereocenters. The number of carbonyl (C=O) groups is 1. The fourth-order valence-electron chi connectivity index (χ4n) is 4.10. The topological polar surface area (TPSA) is 92.3 Å². The zero-order valence-corrected chi connectivity index (χ0v) is 17.5. The van der Waals surface area contributed by atoms with Crippen molar-refractivity contribution < 1.29 is 9.21 Å². The number of benzene rings is 1. The van der Waals surface area contributed by atoms with Crippen molar-refractivity contribution in [3.05, 3.63) is 40.9 Å². The first-order valence-corrected chi connectivity index (χ1v) is 10.2. The van der Waals surface area contributed by atoms with Gasteiger partial charge in [0, 0.05) is 50.7 Å². The molecule has 2 aromatic heterocycles. The predicted octanol–water partition coefficient (Wildman–Crippen LogP) is 2.87. The molecule has 2 aliphatic rings. The molecule has 0 saturated carbocycles. The number of hydrogen-bond donors (Lipinski definition) is 1. The summed E-state index contributed by atoms with van der Waals surface area (Å²) in [6, 6.07) is 7.82. The van der Waals surface area contributed by atoms with E-state index in [1.54, 1.807) is 25.2 Å². The molecule has 1 atom stereocenters. The van der Waals surface area contributed by atoms with Crippen molar-refractivity contribution in [2.45, 2.75) is 18.9 Å². The molecule has 30 heavy (non-hydrogen) atoms. The average Bonchev–Trinajstić information content (AvgIpc) is 3.34. The largest absolute Gasteiger partial charge is 0.409 e. The lowest BCUT2D eigenvalue weighted by molar-refractivity contribution is 0.0988. The Bertz CT molecular complexity index is 1190. The van der Waals surface area contributed by atoms with Crippen molar-refractivity contribution in [3.8, 4) is 11.5 Å². The maximum atomic E-state index is 13.5. The van der Waals surface area contributed by atoms with E-state index >= 15 is 0 Å². The van der Waals surface area contributed by atoms with E-state index in [9.17, 15) is 4.79 Å². The number of rotatable bonds is 3. The Balaban J connectivity index is 1.58. The second-order valence-corrected chi connectivity index (χ2v) is 7.78. The van der Waals surface area contributed by atoms with Crippen LogP contribution in [0.3, 0.4) is 0 Å². The minimum Gasteiger partial charge on any atom is -0.409 e. The Kier molecular flexibility index (Phi) is 4.50. The molecular weight excluding hydrogens is 402 g/mol. The van der Waals surface area contributed by atoms with Crippen molar-refractivity contribution in [1.82, 2.24) is 19.7 Å². The average molecular weight is 424 g/mol. The van der Waals surface area contributed by atoms with Crippen molar-refractivity contribution in [2.75, 3.05) is 35.3 Å². The van der Waals surface area contributed by atoms with Crippen LogP contribution in [0.2, 0.25) is 0 Å². The number of nitrogens with zero attached hydrogens (tertiary/aromatic N) is 6. The van der Waals surface area contributed by atoms with Crippen molar-refractivity contribution >= 4 is 35.6 Å². The standard InChI is InChI=1S/C20H21N7O2S/c1-21-19-22-10-15-16(23-19)26-8-4-7-14(26)11-27(18(15)28)13-6-3-5-12(9-13)17-24-25(2)20(30)29-17/h3,5-6,9-10,14H,4,7-8,11H2,1-2H3,(H,21,22,23)/t14-/m0/s1. The zero-order chi connectivity index (χ0) is 20.8. The predicted molar refractivity (Wildman–Crippen MR) is 115 cm³/mol. The number of nitrogens with one attached hydrogen (secondary N) is 1. The quantitative estimate of drug-likeness (QED) is 0.643. The number of amides is 1. The number of fused-ring (bicyclic) bond motifs is 3. The van der Waals surface area contributed by atoms with Gasteiger partial charge < -0.3 is 19.5 Å². The van der Waals surface area contributed by atoms with Crippen molar-refractivity contribution in [3.63, 3.8) is 0 Å². The molecule has 10 heteroatoms. The van der Waals surface area contributed by atoms with Crippen LogP contribution < -0.4 is 15.1 Å². The molecule has 3 aromatic rings. The number of carbonyl (C=O) groups excluding carboxylic acids is 1. The molecule has 1 saturated heterocycles. The van der Waals surface area contributed by atoms with E-state index in [0.29, 0.717) is 34.6 Å². The molecule has 2 aliphatic heterocycles. The van der Waals surface area contributed by atoms with Crippen LogP contribution in [0.25, 0.3) is 11.5 Å². The first kappa shape index (κ1) is 18.7. The summed E-state index contributed by atoms with van der Waals surface area (Å²) in [6.45, 7) is 1.46. The smallest absolute Gasteiger partial charge is 0.287 e. The molecule has 154 valence electrons. The van der Waals surface area contributed by atoms with Crippen LogP contribution in [-0.4, -0.2) is 51.8 Å². The van der Waals surface area contributed by atoms with Crippen LogP contribution in [0.1, 0.15) is 23.2 Å². The number of aromatic nitrogens is 4. The Labute approximate surface area is 178 Å². The van der Waals surface area contributed by atoms with Crippen LogP contribution in [0.4, 0.5) is 17.5 Å². The normalized spacial score (nSPS) is 18.2.